The summed E-state index contributed by atoms with van der Waals surface area (Å²) >= 11 is 0. The number of carbonyl (C=O) groups excluding carboxylic acids is 1. The number of fused-ring (bicyclic) bond motifs is 1. The van der Waals surface area contributed by atoms with Crippen molar-refractivity contribution in [2.45, 2.75) is 65.0 Å². The van der Waals surface area contributed by atoms with Gasteiger partial charge in [0.15, 0.2) is 0 Å². The molecule has 2 aliphatic rings. The van der Waals surface area contributed by atoms with Crippen LogP contribution in [0.2, 0.25) is 0 Å². The molecular weight excluding hydrogens is 212 g/mol. The lowest BCUT2D eigenvalue weighted by atomic mass is 9.64. The molecule has 0 bridgehead atoms. The van der Waals surface area contributed by atoms with E-state index in [1.54, 1.807) is 0 Å². The Morgan fingerprint density at radius 2 is 1.88 bits per heavy atom. The summed E-state index contributed by atoms with van der Waals surface area (Å²) < 4.78 is 0. The van der Waals surface area contributed by atoms with E-state index in [2.05, 4.69) is 26.1 Å². The molecule has 2 rings (SSSR count). The standard InChI is InChI=1S/C14H26N2O/c1-14(2,3)12-10-7-5-4-6-9(10)8-11(16-12)13(15)17/h9-12,16H,4-8H2,1-3H3,(H2,15,17)/t9-,10+,11+,12-/m0/s1. The van der Waals surface area contributed by atoms with E-state index in [0.29, 0.717) is 12.0 Å². The lowest BCUT2D eigenvalue weighted by Gasteiger charge is -2.49. The molecule has 1 heterocycles. The first-order valence-electron chi connectivity index (χ1n) is 6.95. The first-order valence-corrected chi connectivity index (χ1v) is 6.95. The van der Waals surface area contributed by atoms with Crippen LogP contribution in [0.25, 0.3) is 0 Å². The minimum Gasteiger partial charge on any atom is -0.368 e. The maximum Gasteiger partial charge on any atom is 0.234 e. The summed E-state index contributed by atoms with van der Waals surface area (Å²) in [7, 11) is 0. The number of hydrogen-bond acceptors (Lipinski definition) is 2. The summed E-state index contributed by atoms with van der Waals surface area (Å²) in [4.78, 5) is 11.5. The van der Waals surface area contributed by atoms with Crippen LogP contribution in [0.4, 0.5) is 0 Å². The molecule has 3 heteroatoms. The highest BCUT2D eigenvalue weighted by molar-refractivity contribution is 5.80. The van der Waals surface area contributed by atoms with E-state index >= 15 is 0 Å². The SMILES string of the molecule is CC(C)(C)[C@H]1N[C@@H](C(N)=O)C[C@@H]2CCCC[C@H]21. The van der Waals surface area contributed by atoms with Gasteiger partial charge in [-0.05, 0) is 30.1 Å². The summed E-state index contributed by atoms with van der Waals surface area (Å²) in [5, 5.41) is 3.52. The molecule has 17 heavy (non-hydrogen) atoms. The second kappa shape index (κ2) is 4.60. The van der Waals surface area contributed by atoms with Gasteiger partial charge in [0, 0.05) is 6.04 Å². The zero-order valence-electron chi connectivity index (χ0n) is 11.3. The van der Waals surface area contributed by atoms with Gasteiger partial charge in [0.05, 0.1) is 6.04 Å². The van der Waals surface area contributed by atoms with Gasteiger partial charge in [0.2, 0.25) is 5.91 Å². The van der Waals surface area contributed by atoms with Crippen molar-refractivity contribution < 1.29 is 4.79 Å². The van der Waals surface area contributed by atoms with E-state index < -0.39 is 0 Å². The fourth-order valence-electron chi connectivity index (χ4n) is 3.77. The van der Waals surface area contributed by atoms with Gasteiger partial charge in [-0.1, -0.05) is 40.0 Å². The fourth-order valence-corrected chi connectivity index (χ4v) is 3.77. The highest BCUT2D eigenvalue weighted by atomic mass is 16.1. The van der Waals surface area contributed by atoms with Gasteiger partial charge in [-0.2, -0.15) is 0 Å². The third-order valence-corrected chi connectivity index (χ3v) is 4.59. The third kappa shape index (κ3) is 2.65. The number of carbonyl (C=O) groups is 1. The minimum absolute atomic E-state index is 0.112. The van der Waals surface area contributed by atoms with Crippen molar-refractivity contribution in [1.29, 1.82) is 0 Å². The Hall–Kier alpha value is -0.570. The summed E-state index contributed by atoms with van der Waals surface area (Å²) in [5.74, 6) is 1.26. The van der Waals surface area contributed by atoms with Crippen LogP contribution in [-0.4, -0.2) is 18.0 Å². The van der Waals surface area contributed by atoms with Gasteiger partial charge in [0.25, 0.3) is 0 Å². The van der Waals surface area contributed by atoms with Gasteiger partial charge in [-0.25, -0.2) is 0 Å². The highest BCUT2D eigenvalue weighted by Gasteiger charge is 2.44. The van der Waals surface area contributed by atoms with Crippen molar-refractivity contribution in [3.05, 3.63) is 0 Å². The van der Waals surface area contributed by atoms with Gasteiger partial charge < -0.3 is 11.1 Å². The summed E-state index contributed by atoms with van der Waals surface area (Å²) in [6.07, 6.45) is 6.21. The molecular formula is C14H26N2O. The van der Waals surface area contributed by atoms with Gasteiger partial charge in [0.1, 0.15) is 0 Å². The Labute approximate surface area is 105 Å². The summed E-state index contributed by atoms with van der Waals surface area (Å²) in [5.41, 5.74) is 5.70. The van der Waals surface area contributed by atoms with Crippen molar-refractivity contribution in [1.82, 2.24) is 5.32 Å². The second-order valence-corrected chi connectivity index (χ2v) is 6.91. The topological polar surface area (TPSA) is 55.1 Å². The summed E-state index contributed by atoms with van der Waals surface area (Å²) in [6.45, 7) is 6.79. The van der Waals surface area contributed by atoms with E-state index in [-0.39, 0.29) is 17.4 Å². The van der Waals surface area contributed by atoms with Gasteiger partial charge in [-0.3, -0.25) is 4.79 Å². The quantitative estimate of drug-likeness (QED) is 0.734. The lowest BCUT2D eigenvalue weighted by Crippen LogP contribution is -2.60. The third-order valence-electron chi connectivity index (χ3n) is 4.59. The largest absolute Gasteiger partial charge is 0.368 e. The van der Waals surface area contributed by atoms with E-state index in [9.17, 15) is 4.79 Å². The van der Waals surface area contributed by atoms with Crippen molar-refractivity contribution in [2.75, 3.05) is 0 Å². The number of nitrogens with one attached hydrogen (secondary N) is 1. The lowest BCUT2D eigenvalue weighted by molar-refractivity contribution is -0.122. The van der Waals surface area contributed by atoms with Crippen molar-refractivity contribution in [3.63, 3.8) is 0 Å². The predicted octanol–water partition coefficient (Wildman–Crippen LogP) is 2.05. The minimum atomic E-state index is -0.178. The molecule has 1 saturated carbocycles. The first-order chi connectivity index (χ1) is 7.89. The average molecular weight is 238 g/mol. The Morgan fingerprint density at radius 3 is 2.47 bits per heavy atom. The molecule has 1 saturated heterocycles. The van der Waals surface area contributed by atoms with E-state index in [1.807, 2.05) is 0 Å². The molecule has 0 unspecified atom stereocenters. The molecule has 3 nitrogen and oxygen atoms in total. The van der Waals surface area contributed by atoms with Crippen LogP contribution >= 0.6 is 0 Å². The molecule has 2 fully saturated rings. The molecule has 0 radical (unpaired) electrons. The molecule has 1 aliphatic heterocycles. The number of piperidine rings is 1. The van der Waals surface area contributed by atoms with E-state index in [4.69, 9.17) is 5.73 Å². The van der Waals surface area contributed by atoms with Gasteiger partial charge >= 0.3 is 0 Å². The Kier molecular flexibility index (Phi) is 3.48. The first kappa shape index (κ1) is 12.9. The number of rotatable bonds is 1. The predicted molar refractivity (Wildman–Crippen MR) is 69.4 cm³/mol. The molecule has 0 aromatic heterocycles. The zero-order valence-corrected chi connectivity index (χ0v) is 11.3. The van der Waals surface area contributed by atoms with Crippen LogP contribution < -0.4 is 11.1 Å². The van der Waals surface area contributed by atoms with Gasteiger partial charge in [-0.15, -0.1) is 0 Å². The zero-order chi connectivity index (χ0) is 12.6. The van der Waals surface area contributed by atoms with Crippen molar-refractivity contribution in [3.8, 4) is 0 Å². The molecule has 1 aliphatic carbocycles. The number of hydrogen-bond donors (Lipinski definition) is 2. The van der Waals surface area contributed by atoms with Crippen LogP contribution in [0, 0.1) is 17.3 Å². The average Bonchev–Trinajstić information content (AvgIpc) is 2.26. The fraction of sp³-hybridized carbons (Fsp3) is 0.929. The van der Waals surface area contributed by atoms with Crippen LogP contribution in [0.5, 0.6) is 0 Å². The number of nitrogens with two attached hydrogens (primary N) is 1. The van der Waals surface area contributed by atoms with Crippen LogP contribution in [-0.2, 0) is 4.79 Å². The Balaban J connectivity index is 2.18. The van der Waals surface area contributed by atoms with Crippen molar-refractivity contribution in [2.24, 2.45) is 23.0 Å². The maximum atomic E-state index is 11.5. The van der Waals surface area contributed by atoms with E-state index in [1.165, 1.54) is 25.7 Å². The Morgan fingerprint density at radius 1 is 1.24 bits per heavy atom. The summed E-state index contributed by atoms with van der Waals surface area (Å²) in [6, 6.07) is 0.317. The number of primary amides is 1. The maximum absolute atomic E-state index is 11.5. The molecule has 0 aromatic rings. The molecule has 0 spiro atoms. The molecule has 1 amide bonds. The smallest absolute Gasteiger partial charge is 0.234 e. The van der Waals surface area contributed by atoms with E-state index in [0.717, 1.165) is 12.3 Å². The number of amides is 1. The molecule has 98 valence electrons. The Bertz CT molecular complexity index is 295. The molecule has 3 N–H and O–H groups in total. The molecule has 4 atom stereocenters. The highest BCUT2D eigenvalue weighted by Crippen LogP contribution is 2.43. The van der Waals surface area contributed by atoms with Crippen LogP contribution in [0.15, 0.2) is 0 Å². The normalized spacial score (nSPS) is 38.5. The molecule has 0 aromatic carbocycles. The monoisotopic (exact) mass is 238 g/mol. The van der Waals surface area contributed by atoms with Crippen molar-refractivity contribution >= 4 is 5.91 Å². The van der Waals surface area contributed by atoms with Crippen LogP contribution in [0.3, 0.4) is 0 Å². The second-order valence-electron chi connectivity index (χ2n) is 6.91. The van der Waals surface area contributed by atoms with Crippen LogP contribution in [0.1, 0.15) is 52.9 Å².